The minimum Gasteiger partial charge on any atom is -0.508 e. The first-order valence-electron chi connectivity index (χ1n) is 13.7. The summed E-state index contributed by atoms with van der Waals surface area (Å²) >= 11 is 0. The number of hydrogen-bond donors (Lipinski definition) is 4. The maximum atomic E-state index is 12.7. The molecule has 1 aliphatic rings. The van der Waals surface area contributed by atoms with E-state index in [0.717, 1.165) is 16.7 Å². The van der Waals surface area contributed by atoms with Crippen LogP contribution in [0.25, 0.3) is 0 Å². The fourth-order valence-electron chi connectivity index (χ4n) is 5.32. The van der Waals surface area contributed by atoms with Gasteiger partial charge >= 0.3 is 0 Å². The van der Waals surface area contributed by atoms with Gasteiger partial charge in [0, 0.05) is 24.6 Å². The molecule has 4 rings (SSSR count). The van der Waals surface area contributed by atoms with E-state index < -0.39 is 11.1 Å². The third-order valence-corrected chi connectivity index (χ3v) is 7.70. The van der Waals surface area contributed by atoms with Crippen LogP contribution in [0.4, 0.5) is 0 Å². The molecular weight excluding hydrogens is 520 g/mol. The van der Waals surface area contributed by atoms with Crippen molar-refractivity contribution in [1.29, 1.82) is 0 Å². The molecule has 1 aliphatic heterocycles. The molecule has 2 unspecified atom stereocenters. The lowest BCUT2D eigenvalue weighted by molar-refractivity contribution is -0.120. The maximum Gasteiger partial charge on any atom is 0.224 e. The molecule has 3 aromatic rings. The topological polar surface area (TPSA) is 121 Å². The zero-order valence-electron chi connectivity index (χ0n) is 23.8. The highest BCUT2D eigenvalue weighted by atomic mass is 16.5. The summed E-state index contributed by atoms with van der Waals surface area (Å²) in [7, 11) is 3.16. The first-order valence-corrected chi connectivity index (χ1v) is 13.7. The number of aromatic hydroxyl groups is 1. The molecule has 8 heteroatoms. The van der Waals surface area contributed by atoms with E-state index in [1.54, 1.807) is 32.6 Å². The Morgan fingerprint density at radius 1 is 1.02 bits per heavy atom. The number of ether oxygens (including phenoxy) is 2. The fraction of sp³-hybridized carbons (Fsp3) is 0.333. The summed E-state index contributed by atoms with van der Waals surface area (Å²) in [6.45, 7) is 1.97. The van der Waals surface area contributed by atoms with Gasteiger partial charge in [0.15, 0.2) is 0 Å². The van der Waals surface area contributed by atoms with Crippen LogP contribution < -0.4 is 14.8 Å². The zero-order chi connectivity index (χ0) is 29.5. The van der Waals surface area contributed by atoms with E-state index in [1.165, 1.54) is 6.07 Å². The minimum atomic E-state index is -1.33. The molecule has 41 heavy (non-hydrogen) atoms. The lowest BCUT2D eigenvalue weighted by Gasteiger charge is -2.36. The van der Waals surface area contributed by atoms with Crippen LogP contribution in [0.1, 0.15) is 47.6 Å². The molecular formula is C33H38N2O6. The first kappa shape index (κ1) is 29.8. The molecule has 0 fully saturated rings. The van der Waals surface area contributed by atoms with Crippen molar-refractivity contribution >= 4 is 12.1 Å². The first-order chi connectivity index (χ1) is 19.7. The molecule has 1 heterocycles. The number of hydrogen-bond acceptors (Lipinski definition) is 7. The molecule has 8 nitrogen and oxygen atoms in total. The summed E-state index contributed by atoms with van der Waals surface area (Å²) in [5.41, 5.74) is 1.56. The van der Waals surface area contributed by atoms with Crippen LogP contribution in [0.5, 0.6) is 17.2 Å². The smallest absolute Gasteiger partial charge is 0.224 e. The van der Waals surface area contributed by atoms with Crippen molar-refractivity contribution in [3.05, 3.63) is 101 Å². The quantitative estimate of drug-likeness (QED) is 0.247. The predicted octanol–water partition coefficient (Wildman–Crippen LogP) is 4.37. The second-order valence-electron chi connectivity index (χ2n) is 10.4. The van der Waals surface area contributed by atoms with E-state index in [4.69, 9.17) is 9.47 Å². The third kappa shape index (κ3) is 6.96. The Morgan fingerprint density at radius 3 is 2.29 bits per heavy atom. The molecule has 2 atom stereocenters. The number of methoxy groups -OCH3 is 2. The minimum absolute atomic E-state index is 0.0191. The van der Waals surface area contributed by atoms with Crippen molar-refractivity contribution in [3.8, 4) is 17.2 Å². The number of benzene rings is 3. The number of carbonyl (C=O) groups excluding carboxylic acids is 1. The summed E-state index contributed by atoms with van der Waals surface area (Å²) in [6, 6.07) is 17.9. The van der Waals surface area contributed by atoms with Gasteiger partial charge in [0.25, 0.3) is 0 Å². The molecule has 0 radical (unpaired) electrons. The highest BCUT2D eigenvalue weighted by Crippen LogP contribution is 2.40. The number of nitrogens with zero attached hydrogens (tertiary/aromatic N) is 1. The molecule has 0 bridgehead atoms. The van der Waals surface area contributed by atoms with Gasteiger partial charge < -0.3 is 30.1 Å². The average molecular weight is 559 g/mol. The standard InChI is InChI=1S/C33H38N2O6/c1-4-32(15-6-16-35-32)22-33(39,26-13-14-28(37)25(18-26)21-36)19-24-11-9-23(10-12-24)17-31(38)34-20-27-29(40-2)7-5-8-30(27)41-3/h5-16,18,36-37,39H,4,17,19-22H2,1-3H3,(H,34,38). The maximum absolute atomic E-state index is 12.7. The Hall–Kier alpha value is -4.14. The molecule has 216 valence electrons. The van der Waals surface area contributed by atoms with Crippen molar-refractivity contribution in [2.45, 2.75) is 56.9 Å². The summed E-state index contributed by atoms with van der Waals surface area (Å²) in [5, 5.41) is 34.9. The lowest BCUT2D eigenvalue weighted by Crippen LogP contribution is -2.38. The third-order valence-electron chi connectivity index (χ3n) is 7.70. The van der Waals surface area contributed by atoms with Crippen LogP contribution in [0.3, 0.4) is 0 Å². The number of rotatable bonds is 13. The van der Waals surface area contributed by atoms with Crippen LogP contribution in [-0.4, -0.2) is 47.2 Å². The van der Waals surface area contributed by atoms with E-state index in [9.17, 15) is 20.1 Å². The molecule has 0 aromatic heterocycles. The Labute approximate surface area is 241 Å². The van der Waals surface area contributed by atoms with Crippen LogP contribution in [-0.2, 0) is 36.4 Å². The largest absolute Gasteiger partial charge is 0.508 e. The number of allylic oxidation sites excluding steroid dienone is 1. The number of aliphatic imine (C=N–C) groups is 1. The van der Waals surface area contributed by atoms with E-state index in [1.807, 2.05) is 61.5 Å². The van der Waals surface area contributed by atoms with Crippen molar-refractivity contribution in [3.63, 3.8) is 0 Å². The normalized spacial score (nSPS) is 17.3. The van der Waals surface area contributed by atoms with Gasteiger partial charge in [-0.1, -0.05) is 49.4 Å². The lowest BCUT2D eigenvalue weighted by atomic mass is 9.75. The Kier molecular flexibility index (Phi) is 9.47. The Bertz CT molecular complexity index is 1380. The van der Waals surface area contributed by atoms with Gasteiger partial charge in [-0.25, -0.2) is 0 Å². The van der Waals surface area contributed by atoms with Crippen molar-refractivity contribution in [2.75, 3.05) is 14.2 Å². The summed E-state index contributed by atoms with van der Waals surface area (Å²) in [4.78, 5) is 17.4. The van der Waals surface area contributed by atoms with Gasteiger partial charge in [-0.2, -0.15) is 0 Å². The number of carbonyl (C=O) groups is 1. The summed E-state index contributed by atoms with van der Waals surface area (Å²) in [6.07, 6.45) is 7.17. The number of aliphatic hydroxyl groups excluding tert-OH is 1. The predicted molar refractivity (Wildman–Crippen MR) is 158 cm³/mol. The van der Waals surface area contributed by atoms with E-state index in [2.05, 4.69) is 10.3 Å². The molecule has 0 spiro atoms. The molecule has 4 N–H and O–H groups in total. The highest BCUT2D eigenvalue weighted by molar-refractivity contribution is 5.78. The van der Waals surface area contributed by atoms with Gasteiger partial charge in [-0.3, -0.25) is 9.79 Å². The molecule has 0 aliphatic carbocycles. The molecule has 0 saturated heterocycles. The Morgan fingerprint density at radius 2 is 1.71 bits per heavy atom. The zero-order valence-corrected chi connectivity index (χ0v) is 23.8. The Balaban J connectivity index is 1.49. The van der Waals surface area contributed by atoms with E-state index in [-0.39, 0.29) is 37.6 Å². The van der Waals surface area contributed by atoms with Crippen LogP contribution >= 0.6 is 0 Å². The number of phenols is 1. The number of amides is 1. The van der Waals surface area contributed by atoms with Crippen LogP contribution in [0, 0.1) is 0 Å². The van der Waals surface area contributed by atoms with Gasteiger partial charge in [-0.15, -0.1) is 0 Å². The summed E-state index contributed by atoms with van der Waals surface area (Å²) in [5.74, 6) is 1.13. The average Bonchev–Trinajstić information content (AvgIpc) is 3.45. The SMILES string of the molecule is CCC1(CC(O)(Cc2ccc(CC(=O)NCc3c(OC)cccc3OC)cc2)c2ccc(O)c(CO)c2)C=CC=N1. The van der Waals surface area contributed by atoms with Crippen LogP contribution in [0.2, 0.25) is 0 Å². The van der Waals surface area contributed by atoms with Gasteiger partial charge in [0.05, 0.1) is 50.5 Å². The second kappa shape index (κ2) is 13.0. The van der Waals surface area contributed by atoms with Gasteiger partial charge in [-0.05, 0) is 53.5 Å². The van der Waals surface area contributed by atoms with Crippen molar-refractivity contribution in [1.82, 2.24) is 5.32 Å². The number of nitrogens with one attached hydrogen (secondary N) is 1. The number of aliphatic hydroxyl groups is 2. The van der Waals surface area contributed by atoms with E-state index >= 15 is 0 Å². The van der Waals surface area contributed by atoms with Crippen molar-refractivity contribution < 1.29 is 29.6 Å². The molecule has 0 saturated carbocycles. The fourth-order valence-corrected chi connectivity index (χ4v) is 5.32. The van der Waals surface area contributed by atoms with Gasteiger partial charge in [0.2, 0.25) is 5.91 Å². The van der Waals surface area contributed by atoms with Crippen molar-refractivity contribution in [2.24, 2.45) is 4.99 Å². The van der Waals surface area contributed by atoms with Crippen LogP contribution in [0.15, 0.2) is 77.8 Å². The monoisotopic (exact) mass is 558 g/mol. The highest BCUT2D eigenvalue weighted by Gasteiger charge is 2.40. The van der Waals surface area contributed by atoms with Gasteiger partial charge in [0.1, 0.15) is 17.2 Å². The second-order valence-corrected chi connectivity index (χ2v) is 10.4. The van der Waals surface area contributed by atoms with E-state index in [0.29, 0.717) is 35.5 Å². The molecule has 3 aromatic carbocycles. The summed E-state index contributed by atoms with van der Waals surface area (Å²) < 4.78 is 10.8. The molecule has 1 amide bonds.